The Morgan fingerprint density at radius 3 is 2.57 bits per heavy atom. The number of hydrogen-bond acceptors (Lipinski definition) is 3. The van der Waals surface area contributed by atoms with Crippen LogP contribution in [0.25, 0.3) is 0 Å². The molecule has 5 heteroatoms. The first-order valence-electron chi connectivity index (χ1n) is 7.18. The Bertz CT molecular complexity index is 486. The van der Waals surface area contributed by atoms with Crippen molar-refractivity contribution in [2.24, 2.45) is 5.92 Å². The van der Waals surface area contributed by atoms with Crippen molar-refractivity contribution < 1.29 is 14.7 Å². The predicted molar refractivity (Wildman–Crippen MR) is 82.0 cm³/mol. The van der Waals surface area contributed by atoms with Gasteiger partial charge in [0.2, 0.25) is 5.91 Å². The van der Waals surface area contributed by atoms with Crippen LogP contribution in [-0.2, 0) is 4.79 Å². The summed E-state index contributed by atoms with van der Waals surface area (Å²) in [4.78, 5) is 23.4. The molecule has 21 heavy (non-hydrogen) atoms. The fraction of sp³-hybridized carbons (Fsp3) is 0.500. The molecule has 0 aliphatic heterocycles. The molecule has 1 aromatic carbocycles. The van der Waals surface area contributed by atoms with Crippen LogP contribution in [0.4, 0.5) is 0 Å². The maximum absolute atomic E-state index is 11.8. The fourth-order valence-corrected chi connectivity index (χ4v) is 1.97. The molecular weight excluding hydrogens is 268 g/mol. The van der Waals surface area contributed by atoms with Crippen LogP contribution in [-0.4, -0.2) is 36.1 Å². The summed E-state index contributed by atoms with van der Waals surface area (Å²) in [7, 11) is 0. The molecule has 0 bridgehead atoms. The van der Waals surface area contributed by atoms with E-state index < -0.39 is 6.10 Å². The summed E-state index contributed by atoms with van der Waals surface area (Å²) >= 11 is 0. The molecule has 0 spiro atoms. The van der Waals surface area contributed by atoms with Crippen molar-refractivity contribution >= 4 is 11.8 Å². The Kier molecular flexibility index (Phi) is 6.88. The molecule has 1 atom stereocenters. The number of carbonyl (C=O) groups is 2. The standard InChI is InChI=1S/C16H24N2O3/c1-11(2)7-14(19)9-17-15(20)10-18-16(21)13-6-4-5-12(3)8-13/h4-6,8,11,14,19H,7,9-10H2,1-3H3,(H,17,20)(H,18,21). The number of hydrogen-bond donors (Lipinski definition) is 3. The van der Waals surface area contributed by atoms with Crippen molar-refractivity contribution in [2.45, 2.75) is 33.3 Å². The zero-order valence-corrected chi connectivity index (χ0v) is 12.8. The lowest BCUT2D eigenvalue weighted by Gasteiger charge is -2.14. The summed E-state index contributed by atoms with van der Waals surface area (Å²) < 4.78 is 0. The zero-order valence-electron chi connectivity index (χ0n) is 12.8. The van der Waals surface area contributed by atoms with Crippen molar-refractivity contribution in [3.8, 4) is 0 Å². The number of benzene rings is 1. The summed E-state index contributed by atoms with van der Waals surface area (Å²) in [5.74, 6) is -0.215. The Balaban J connectivity index is 2.31. The van der Waals surface area contributed by atoms with Gasteiger partial charge < -0.3 is 15.7 Å². The SMILES string of the molecule is Cc1cccc(C(=O)NCC(=O)NCC(O)CC(C)C)c1. The van der Waals surface area contributed by atoms with Crippen LogP contribution in [0.5, 0.6) is 0 Å². The molecule has 0 radical (unpaired) electrons. The molecule has 1 aromatic rings. The molecule has 1 unspecified atom stereocenters. The maximum Gasteiger partial charge on any atom is 0.251 e. The Labute approximate surface area is 125 Å². The van der Waals surface area contributed by atoms with Gasteiger partial charge in [-0.1, -0.05) is 31.5 Å². The minimum Gasteiger partial charge on any atom is -0.391 e. The highest BCUT2D eigenvalue weighted by Gasteiger charge is 2.11. The molecule has 0 aliphatic rings. The van der Waals surface area contributed by atoms with Crippen molar-refractivity contribution in [2.75, 3.05) is 13.1 Å². The van der Waals surface area contributed by atoms with Crippen LogP contribution in [0.1, 0.15) is 36.2 Å². The number of aliphatic hydroxyl groups excluding tert-OH is 1. The van der Waals surface area contributed by atoms with Gasteiger partial charge in [0.05, 0.1) is 12.6 Å². The summed E-state index contributed by atoms with van der Waals surface area (Å²) in [6.45, 7) is 6.03. The average molecular weight is 292 g/mol. The van der Waals surface area contributed by atoms with Gasteiger partial charge in [-0.2, -0.15) is 0 Å². The largest absolute Gasteiger partial charge is 0.391 e. The Morgan fingerprint density at radius 1 is 1.24 bits per heavy atom. The third-order valence-corrected chi connectivity index (χ3v) is 2.97. The van der Waals surface area contributed by atoms with E-state index in [1.54, 1.807) is 18.2 Å². The number of carbonyl (C=O) groups excluding carboxylic acids is 2. The van der Waals surface area contributed by atoms with Gasteiger partial charge in [-0.05, 0) is 31.4 Å². The highest BCUT2D eigenvalue weighted by atomic mass is 16.3. The Morgan fingerprint density at radius 2 is 1.95 bits per heavy atom. The first-order chi connectivity index (χ1) is 9.88. The number of aliphatic hydroxyl groups is 1. The quantitative estimate of drug-likeness (QED) is 0.707. The second kappa shape index (κ2) is 8.42. The molecule has 3 N–H and O–H groups in total. The van der Waals surface area contributed by atoms with E-state index in [4.69, 9.17) is 0 Å². The van der Waals surface area contributed by atoms with E-state index >= 15 is 0 Å². The molecule has 0 aliphatic carbocycles. The van der Waals surface area contributed by atoms with Crippen molar-refractivity contribution in [1.82, 2.24) is 10.6 Å². The van der Waals surface area contributed by atoms with Gasteiger partial charge in [-0.15, -0.1) is 0 Å². The number of rotatable bonds is 7. The van der Waals surface area contributed by atoms with E-state index in [2.05, 4.69) is 10.6 Å². The van der Waals surface area contributed by atoms with E-state index in [-0.39, 0.29) is 24.9 Å². The highest BCUT2D eigenvalue weighted by molar-refractivity contribution is 5.96. The first-order valence-corrected chi connectivity index (χ1v) is 7.18. The van der Waals surface area contributed by atoms with Crippen molar-refractivity contribution in [3.05, 3.63) is 35.4 Å². The summed E-state index contributed by atoms with van der Waals surface area (Å²) in [5.41, 5.74) is 1.52. The lowest BCUT2D eigenvalue weighted by atomic mass is 10.1. The summed E-state index contributed by atoms with van der Waals surface area (Å²) in [5, 5.41) is 14.8. The molecule has 0 saturated heterocycles. The molecule has 0 aromatic heterocycles. The van der Waals surface area contributed by atoms with Crippen LogP contribution in [0.15, 0.2) is 24.3 Å². The zero-order chi connectivity index (χ0) is 15.8. The number of aryl methyl sites for hydroxylation is 1. The lowest BCUT2D eigenvalue weighted by molar-refractivity contribution is -0.120. The van der Waals surface area contributed by atoms with Gasteiger partial charge in [-0.3, -0.25) is 9.59 Å². The van der Waals surface area contributed by atoms with Crippen LogP contribution >= 0.6 is 0 Å². The lowest BCUT2D eigenvalue weighted by Crippen LogP contribution is -2.40. The van der Waals surface area contributed by atoms with Crippen molar-refractivity contribution in [3.63, 3.8) is 0 Å². The number of amides is 2. The van der Waals surface area contributed by atoms with Gasteiger partial charge in [0.1, 0.15) is 0 Å². The minimum atomic E-state index is -0.554. The molecule has 0 heterocycles. The first kappa shape index (κ1) is 17.2. The molecule has 0 saturated carbocycles. The molecule has 0 fully saturated rings. The van der Waals surface area contributed by atoms with Gasteiger partial charge >= 0.3 is 0 Å². The monoisotopic (exact) mass is 292 g/mol. The number of nitrogens with one attached hydrogen (secondary N) is 2. The van der Waals surface area contributed by atoms with Crippen LogP contribution in [0, 0.1) is 12.8 Å². The van der Waals surface area contributed by atoms with Crippen LogP contribution < -0.4 is 10.6 Å². The summed E-state index contributed by atoms with van der Waals surface area (Å²) in [6, 6.07) is 7.17. The van der Waals surface area contributed by atoms with E-state index in [1.165, 1.54) is 0 Å². The molecule has 1 rings (SSSR count). The van der Waals surface area contributed by atoms with E-state index in [9.17, 15) is 14.7 Å². The minimum absolute atomic E-state index is 0.0961. The molecule has 5 nitrogen and oxygen atoms in total. The van der Waals surface area contributed by atoms with Crippen molar-refractivity contribution in [1.29, 1.82) is 0 Å². The molecule has 2 amide bonds. The second-order valence-corrected chi connectivity index (χ2v) is 5.64. The summed E-state index contributed by atoms with van der Waals surface area (Å²) in [6.07, 6.45) is 0.0806. The van der Waals surface area contributed by atoms with Gasteiger partial charge in [0.25, 0.3) is 5.91 Å². The second-order valence-electron chi connectivity index (χ2n) is 5.64. The van der Waals surface area contributed by atoms with Crippen LogP contribution in [0.2, 0.25) is 0 Å². The van der Waals surface area contributed by atoms with Crippen LogP contribution in [0.3, 0.4) is 0 Å². The van der Waals surface area contributed by atoms with E-state index in [1.807, 2.05) is 26.8 Å². The predicted octanol–water partition coefficient (Wildman–Crippen LogP) is 1.25. The third-order valence-electron chi connectivity index (χ3n) is 2.97. The molecule has 116 valence electrons. The van der Waals surface area contributed by atoms with E-state index in [0.717, 1.165) is 5.56 Å². The molecular formula is C16H24N2O3. The highest BCUT2D eigenvalue weighted by Crippen LogP contribution is 2.04. The topological polar surface area (TPSA) is 78.4 Å². The van der Waals surface area contributed by atoms with Gasteiger partial charge in [-0.25, -0.2) is 0 Å². The Hall–Kier alpha value is -1.88. The van der Waals surface area contributed by atoms with Gasteiger partial charge in [0, 0.05) is 12.1 Å². The third kappa shape index (κ3) is 6.90. The smallest absolute Gasteiger partial charge is 0.251 e. The van der Waals surface area contributed by atoms with Gasteiger partial charge in [0.15, 0.2) is 0 Å². The average Bonchev–Trinajstić information content (AvgIpc) is 2.41. The van der Waals surface area contributed by atoms with E-state index in [0.29, 0.717) is 17.9 Å². The fourth-order valence-electron chi connectivity index (χ4n) is 1.97. The maximum atomic E-state index is 11.8. The normalized spacial score (nSPS) is 12.0.